The summed E-state index contributed by atoms with van der Waals surface area (Å²) in [6, 6.07) is 0. The highest BCUT2D eigenvalue weighted by molar-refractivity contribution is 4.76. The first-order valence-electron chi connectivity index (χ1n) is 5.49. The van der Waals surface area contributed by atoms with E-state index in [9.17, 15) is 0 Å². The van der Waals surface area contributed by atoms with E-state index in [-0.39, 0.29) is 0 Å². The van der Waals surface area contributed by atoms with E-state index in [1.54, 1.807) is 0 Å². The van der Waals surface area contributed by atoms with Gasteiger partial charge in [0.15, 0.2) is 0 Å². The van der Waals surface area contributed by atoms with Gasteiger partial charge in [0.05, 0.1) is 0 Å². The highest BCUT2D eigenvalue weighted by Gasteiger charge is 2.25. The molecule has 1 heteroatoms. The molecule has 2 atom stereocenters. The number of hydrogen-bond donors (Lipinski definition) is 1. The lowest BCUT2D eigenvalue weighted by Crippen LogP contribution is -2.11. The number of unbranched alkanes of at least 4 members (excludes halogenated alkanes) is 2. The maximum atomic E-state index is 9.09. The number of aliphatic hydroxyl groups excluding tert-OH is 1. The van der Waals surface area contributed by atoms with Gasteiger partial charge >= 0.3 is 0 Å². The van der Waals surface area contributed by atoms with Crippen molar-refractivity contribution in [1.29, 1.82) is 0 Å². The van der Waals surface area contributed by atoms with E-state index in [2.05, 4.69) is 6.92 Å². The lowest BCUT2D eigenvalue weighted by Gasteiger charge is -2.16. The molecule has 1 rings (SSSR count). The second kappa shape index (κ2) is 5.58. The van der Waals surface area contributed by atoms with E-state index >= 15 is 0 Å². The van der Waals surface area contributed by atoms with Crippen molar-refractivity contribution in [2.75, 3.05) is 6.61 Å². The molecule has 0 amide bonds. The van der Waals surface area contributed by atoms with Crippen LogP contribution in [0.3, 0.4) is 0 Å². The van der Waals surface area contributed by atoms with Crippen LogP contribution in [0.4, 0.5) is 0 Å². The normalized spacial score (nSPS) is 29.5. The summed E-state index contributed by atoms with van der Waals surface area (Å²) in [5, 5.41) is 9.09. The maximum Gasteiger partial charge on any atom is 0.0461 e. The predicted octanol–water partition coefficient (Wildman–Crippen LogP) is 2.98. The van der Waals surface area contributed by atoms with E-state index in [4.69, 9.17) is 5.11 Å². The second-order valence-corrected chi connectivity index (χ2v) is 4.13. The van der Waals surface area contributed by atoms with E-state index in [0.29, 0.717) is 12.5 Å². The average Bonchev–Trinajstić information content (AvgIpc) is 2.52. The summed E-state index contributed by atoms with van der Waals surface area (Å²) >= 11 is 0. The molecule has 0 bridgehead atoms. The quantitative estimate of drug-likeness (QED) is 0.629. The Labute approximate surface area is 76.2 Å². The molecular weight excluding hydrogens is 148 g/mol. The van der Waals surface area contributed by atoms with Crippen LogP contribution in [0.2, 0.25) is 0 Å². The van der Waals surface area contributed by atoms with Crippen LogP contribution in [0.25, 0.3) is 0 Å². The van der Waals surface area contributed by atoms with Gasteiger partial charge in [0.25, 0.3) is 0 Å². The highest BCUT2D eigenvalue weighted by Crippen LogP contribution is 2.34. The minimum Gasteiger partial charge on any atom is -0.396 e. The monoisotopic (exact) mass is 170 g/mol. The number of aliphatic hydroxyl groups is 1. The fraction of sp³-hybridized carbons (Fsp3) is 1.00. The van der Waals surface area contributed by atoms with Crippen LogP contribution in [0, 0.1) is 11.8 Å². The second-order valence-electron chi connectivity index (χ2n) is 4.13. The molecule has 1 aliphatic rings. The third-order valence-electron chi connectivity index (χ3n) is 3.23. The van der Waals surface area contributed by atoms with Gasteiger partial charge < -0.3 is 5.11 Å². The van der Waals surface area contributed by atoms with Crippen LogP contribution < -0.4 is 0 Å². The Kier molecular flexibility index (Phi) is 4.67. The minimum absolute atomic E-state index is 0.427. The Bertz CT molecular complexity index is 112. The molecular formula is C11H22O. The standard InChI is InChI=1S/C11H22O/c1-2-3-4-6-10-7-5-8-11(10)9-12/h10-12H,2-9H2,1H3. The Morgan fingerprint density at radius 3 is 2.58 bits per heavy atom. The largest absolute Gasteiger partial charge is 0.396 e. The van der Waals surface area contributed by atoms with Crippen molar-refractivity contribution in [3.05, 3.63) is 0 Å². The van der Waals surface area contributed by atoms with Gasteiger partial charge in [0, 0.05) is 6.61 Å². The maximum absolute atomic E-state index is 9.09. The molecule has 1 nitrogen and oxygen atoms in total. The van der Waals surface area contributed by atoms with Crippen molar-refractivity contribution in [2.45, 2.75) is 51.9 Å². The van der Waals surface area contributed by atoms with Gasteiger partial charge in [-0.2, -0.15) is 0 Å². The third-order valence-corrected chi connectivity index (χ3v) is 3.23. The van der Waals surface area contributed by atoms with Crippen molar-refractivity contribution >= 4 is 0 Å². The van der Waals surface area contributed by atoms with Gasteiger partial charge in [-0.1, -0.05) is 45.4 Å². The van der Waals surface area contributed by atoms with Crippen molar-refractivity contribution in [3.63, 3.8) is 0 Å². The van der Waals surface area contributed by atoms with Crippen LogP contribution in [0.15, 0.2) is 0 Å². The fourth-order valence-electron chi connectivity index (χ4n) is 2.39. The smallest absolute Gasteiger partial charge is 0.0461 e. The van der Waals surface area contributed by atoms with Gasteiger partial charge in [0.1, 0.15) is 0 Å². The summed E-state index contributed by atoms with van der Waals surface area (Å²) in [6.07, 6.45) is 9.41. The van der Waals surface area contributed by atoms with Gasteiger partial charge in [-0.05, 0) is 18.3 Å². The van der Waals surface area contributed by atoms with E-state index < -0.39 is 0 Å². The van der Waals surface area contributed by atoms with Gasteiger partial charge in [-0.15, -0.1) is 0 Å². The van der Waals surface area contributed by atoms with Crippen LogP contribution >= 0.6 is 0 Å². The summed E-state index contributed by atoms with van der Waals surface area (Å²) in [6.45, 7) is 2.68. The molecule has 72 valence electrons. The summed E-state index contributed by atoms with van der Waals surface area (Å²) in [5.41, 5.74) is 0. The topological polar surface area (TPSA) is 20.2 Å². The molecule has 0 aromatic heterocycles. The molecule has 12 heavy (non-hydrogen) atoms. The Morgan fingerprint density at radius 2 is 1.92 bits per heavy atom. The van der Waals surface area contributed by atoms with E-state index in [0.717, 1.165) is 5.92 Å². The first-order valence-corrected chi connectivity index (χ1v) is 5.49. The summed E-state index contributed by atoms with van der Waals surface area (Å²) in [4.78, 5) is 0. The molecule has 1 fully saturated rings. The Morgan fingerprint density at radius 1 is 1.17 bits per heavy atom. The molecule has 0 aromatic carbocycles. The zero-order valence-corrected chi connectivity index (χ0v) is 8.26. The van der Waals surface area contributed by atoms with E-state index in [1.807, 2.05) is 0 Å². The molecule has 0 aliphatic heterocycles. The first kappa shape index (κ1) is 10.0. The Balaban J connectivity index is 2.12. The SMILES string of the molecule is CCCCCC1CCCC1CO. The highest BCUT2D eigenvalue weighted by atomic mass is 16.3. The lowest BCUT2D eigenvalue weighted by atomic mass is 9.91. The minimum atomic E-state index is 0.427. The van der Waals surface area contributed by atoms with Crippen molar-refractivity contribution in [1.82, 2.24) is 0 Å². The van der Waals surface area contributed by atoms with Gasteiger partial charge in [-0.25, -0.2) is 0 Å². The molecule has 0 radical (unpaired) electrons. The summed E-state index contributed by atoms with van der Waals surface area (Å²) < 4.78 is 0. The van der Waals surface area contributed by atoms with Crippen molar-refractivity contribution in [3.8, 4) is 0 Å². The molecule has 0 heterocycles. The molecule has 0 spiro atoms. The first-order chi connectivity index (χ1) is 5.88. The zero-order chi connectivity index (χ0) is 8.81. The van der Waals surface area contributed by atoms with Crippen molar-refractivity contribution < 1.29 is 5.11 Å². The number of hydrogen-bond acceptors (Lipinski definition) is 1. The molecule has 1 N–H and O–H groups in total. The molecule has 0 saturated heterocycles. The summed E-state index contributed by atoms with van der Waals surface area (Å²) in [7, 11) is 0. The number of rotatable bonds is 5. The van der Waals surface area contributed by atoms with Crippen LogP contribution in [0.5, 0.6) is 0 Å². The van der Waals surface area contributed by atoms with Crippen LogP contribution in [0.1, 0.15) is 51.9 Å². The van der Waals surface area contributed by atoms with Crippen LogP contribution in [-0.2, 0) is 0 Å². The molecule has 1 aliphatic carbocycles. The van der Waals surface area contributed by atoms with Gasteiger partial charge in [0.2, 0.25) is 0 Å². The van der Waals surface area contributed by atoms with Crippen LogP contribution in [-0.4, -0.2) is 11.7 Å². The molecule has 1 saturated carbocycles. The average molecular weight is 170 g/mol. The molecule has 0 aromatic rings. The van der Waals surface area contributed by atoms with E-state index in [1.165, 1.54) is 44.9 Å². The summed E-state index contributed by atoms with van der Waals surface area (Å²) in [5.74, 6) is 1.49. The predicted molar refractivity (Wildman–Crippen MR) is 52.1 cm³/mol. The van der Waals surface area contributed by atoms with Gasteiger partial charge in [-0.3, -0.25) is 0 Å². The lowest BCUT2D eigenvalue weighted by molar-refractivity contribution is 0.188. The zero-order valence-electron chi connectivity index (χ0n) is 8.26. The molecule has 2 unspecified atom stereocenters. The fourth-order valence-corrected chi connectivity index (χ4v) is 2.39. The van der Waals surface area contributed by atoms with Crippen molar-refractivity contribution in [2.24, 2.45) is 11.8 Å². The Hall–Kier alpha value is -0.0400. The third kappa shape index (κ3) is 2.78.